The van der Waals surface area contributed by atoms with E-state index < -0.39 is 47.5 Å². The van der Waals surface area contributed by atoms with Gasteiger partial charge in [0.25, 0.3) is 11.8 Å². The second kappa shape index (κ2) is 31.5. The van der Waals surface area contributed by atoms with Crippen LogP contribution < -0.4 is 10.6 Å². The van der Waals surface area contributed by atoms with Gasteiger partial charge in [-0.3, -0.25) is 9.59 Å². The van der Waals surface area contributed by atoms with Crippen LogP contribution in [-0.2, 0) is 0 Å². The van der Waals surface area contributed by atoms with E-state index in [1.165, 1.54) is 179 Å². The molecule has 0 radical (unpaired) electrons. The lowest BCUT2D eigenvalue weighted by atomic mass is 9.30. The van der Waals surface area contributed by atoms with Gasteiger partial charge in [-0.15, -0.1) is 0 Å². The zero-order valence-corrected chi connectivity index (χ0v) is 42.7. The molecule has 2 amide bonds. The van der Waals surface area contributed by atoms with Crippen LogP contribution >= 0.6 is 0 Å². The number of amides is 2. The Balaban J connectivity index is 1.14. The number of hydrogen-bond donors (Lipinski definition) is 8. The minimum absolute atomic E-state index is 0.241. The Bertz CT molecular complexity index is 1670. The highest BCUT2D eigenvalue weighted by atomic mass is 16.5. The molecule has 0 aliphatic heterocycles. The molecule has 2 aliphatic carbocycles. The van der Waals surface area contributed by atoms with Gasteiger partial charge in [0.05, 0.1) is 18.6 Å². The maximum absolute atomic E-state index is 13.0. The predicted octanol–water partition coefficient (Wildman–Crippen LogP) is 11.5. The van der Waals surface area contributed by atoms with Gasteiger partial charge in [0, 0.05) is 30.1 Å². The summed E-state index contributed by atoms with van der Waals surface area (Å²) in [5.41, 5.74) is -5.76. The van der Waals surface area contributed by atoms with Crippen LogP contribution in [0.1, 0.15) is 263 Å². The average Bonchev–Trinajstić information content (AvgIpc) is 3.35. The van der Waals surface area contributed by atoms with E-state index in [0.717, 1.165) is 38.5 Å². The second-order valence-corrected chi connectivity index (χ2v) is 20.8. The lowest BCUT2D eigenvalue weighted by Crippen LogP contribution is -2.99. The number of carbonyl (C=O) groups excluding carboxylic acids is 2. The number of fused-ring (bicyclic) bond motifs is 1. The lowest BCUT2D eigenvalue weighted by Gasteiger charge is -2.80. The number of carbonyl (C=O) groups is 2. The van der Waals surface area contributed by atoms with E-state index in [9.17, 15) is 40.2 Å². The Labute approximate surface area is 411 Å². The van der Waals surface area contributed by atoms with Crippen molar-refractivity contribution in [2.24, 2.45) is 0 Å². The minimum atomic E-state index is -2.46. The molecule has 68 heavy (non-hydrogen) atoms. The van der Waals surface area contributed by atoms with Gasteiger partial charge in [-0.25, -0.2) is 0 Å². The van der Waals surface area contributed by atoms with E-state index in [0.29, 0.717) is 29.8 Å². The number of rotatable bonds is 40. The van der Waals surface area contributed by atoms with Gasteiger partial charge in [-0.2, -0.15) is 0 Å². The minimum Gasteiger partial charge on any atom is -0.394 e. The number of aliphatic hydroxyl groups excluding tert-OH is 3. The molecular weight excluding hydrogens is 853 g/mol. The maximum Gasteiger partial charge on any atom is 0.251 e. The van der Waals surface area contributed by atoms with E-state index in [-0.39, 0.29) is 17.4 Å². The molecule has 0 spiro atoms. The van der Waals surface area contributed by atoms with Gasteiger partial charge in [0.1, 0.15) is 22.9 Å². The Morgan fingerprint density at radius 2 is 0.779 bits per heavy atom. The van der Waals surface area contributed by atoms with Gasteiger partial charge in [0.2, 0.25) is 0 Å². The van der Waals surface area contributed by atoms with Crippen molar-refractivity contribution in [1.29, 1.82) is 0 Å². The van der Waals surface area contributed by atoms with Gasteiger partial charge in [-0.05, 0) is 48.2 Å². The highest BCUT2D eigenvalue weighted by Crippen LogP contribution is 2.75. The van der Waals surface area contributed by atoms with Crippen LogP contribution in [0.5, 0.6) is 0 Å². The number of aliphatic hydroxyl groups is 6. The molecule has 0 bridgehead atoms. The summed E-state index contributed by atoms with van der Waals surface area (Å²) in [5.74, 6) is -3.11. The molecule has 0 aromatic heterocycles. The number of hydrogen-bond acceptors (Lipinski definition) is 8. The quantitative estimate of drug-likeness (QED) is 0.0304. The molecule has 2 aliphatic rings. The van der Waals surface area contributed by atoms with E-state index in [1.807, 2.05) is 0 Å². The normalized spacial score (nSPS) is 23.4. The Morgan fingerprint density at radius 3 is 1.09 bits per heavy atom. The van der Waals surface area contributed by atoms with E-state index in [1.54, 1.807) is 36.4 Å². The lowest BCUT2D eigenvalue weighted by molar-refractivity contribution is -0.459. The summed E-state index contributed by atoms with van der Waals surface area (Å²) in [7, 11) is 0. The molecule has 7 atom stereocenters. The van der Waals surface area contributed by atoms with Crippen LogP contribution in [0.25, 0.3) is 0 Å². The first-order chi connectivity index (χ1) is 33.0. The molecule has 0 saturated heterocycles. The highest BCUT2D eigenvalue weighted by Gasteiger charge is 2.93. The van der Waals surface area contributed by atoms with Crippen molar-refractivity contribution in [3.05, 3.63) is 70.8 Å². The fraction of sp³-hybridized carbons (Fsp3) is 0.759. The molecule has 0 heterocycles. The second-order valence-electron chi connectivity index (χ2n) is 20.8. The van der Waals surface area contributed by atoms with E-state index in [2.05, 4.69) is 24.5 Å². The van der Waals surface area contributed by atoms with Crippen molar-refractivity contribution in [3.8, 4) is 0 Å². The zero-order valence-electron chi connectivity index (χ0n) is 42.7. The number of unbranched alkanes of at least 4 members (excludes halogenated alkanes) is 30. The monoisotopic (exact) mass is 949 g/mol. The third-order valence-corrected chi connectivity index (χ3v) is 15.7. The zero-order chi connectivity index (χ0) is 49.1. The van der Waals surface area contributed by atoms with Crippen LogP contribution in [0.4, 0.5) is 0 Å². The summed E-state index contributed by atoms with van der Waals surface area (Å²) in [6.07, 6.45) is 37.6. The first kappa shape index (κ1) is 57.7. The fourth-order valence-corrected chi connectivity index (χ4v) is 11.4. The summed E-state index contributed by atoms with van der Waals surface area (Å²) < 4.78 is 0. The van der Waals surface area contributed by atoms with Crippen LogP contribution in [-0.4, -0.2) is 91.2 Å². The number of benzene rings is 2. The maximum atomic E-state index is 13.0. The van der Waals surface area contributed by atoms with Crippen molar-refractivity contribution >= 4 is 11.8 Å². The number of nitrogens with one attached hydrogen (secondary N) is 2. The fourth-order valence-electron chi connectivity index (χ4n) is 11.4. The predicted molar refractivity (Wildman–Crippen MR) is 276 cm³/mol. The van der Waals surface area contributed by atoms with E-state index >= 15 is 0 Å². The summed E-state index contributed by atoms with van der Waals surface area (Å²) in [5, 5.41) is 74.7. The first-order valence-corrected chi connectivity index (χ1v) is 27.9. The smallest absolute Gasteiger partial charge is 0.251 e. The highest BCUT2D eigenvalue weighted by molar-refractivity contribution is 5.94. The Morgan fingerprint density at radius 1 is 0.485 bits per heavy atom. The van der Waals surface area contributed by atoms with Crippen molar-refractivity contribution in [2.45, 2.75) is 260 Å². The summed E-state index contributed by atoms with van der Waals surface area (Å²) in [4.78, 5) is 26.0. The third-order valence-electron chi connectivity index (χ3n) is 15.7. The van der Waals surface area contributed by atoms with Crippen LogP contribution in [0.15, 0.2) is 48.5 Å². The van der Waals surface area contributed by atoms with Crippen molar-refractivity contribution < 1.29 is 40.2 Å². The van der Waals surface area contributed by atoms with Crippen molar-refractivity contribution in [2.75, 3.05) is 19.7 Å². The molecule has 4 rings (SSSR count). The molecular formula is C58H96N2O8. The SMILES string of the molecule is CCCCCCCCCCCCCCCCCCNC(=O)c1ccc(C2C(O)[C@@]3(O)C(c4ccc(C(=O)NCCCCCCCCCCCCCCCCCC)cc4)[C@@](O)([C@H](O)CO)[C@@]23O)cc1. The molecule has 2 saturated carbocycles. The Hall–Kier alpha value is -2.86. The molecule has 10 nitrogen and oxygen atoms in total. The van der Waals surface area contributed by atoms with Crippen LogP contribution in [0, 0.1) is 0 Å². The van der Waals surface area contributed by atoms with Crippen molar-refractivity contribution in [3.63, 3.8) is 0 Å². The topological polar surface area (TPSA) is 180 Å². The van der Waals surface area contributed by atoms with Crippen LogP contribution in [0.2, 0.25) is 0 Å². The molecule has 2 aromatic carbocycles. The summed E-state index contributed by atoms with van der Waals surface area (Å²) in [6, 6.07) is 12.5. The molecule has 3 unspecified atom stereocenters. The van der Waals surface area contributed by atoms with Gasteiger partial charge < -0.3 is 41.3 Å². The molecule has 2 fully saturated rings. The molecule has 8 N–H and O–H groups in total. The summed E-state index contributed by atoms with van der Waals surface area (Å²) in [6.45, 7) is 4.73. The third kappa shape index (κ3) is 15.6. The van der Waals surface area contributed by atoms with Gasteiger partial charge >= 0.3 is 0 Å². The van der Waals surface area contributed by atoms with E-state index in [4.69, 9.17) is 0 Å². The standard InChI is InChI=1S/C58H96N2O8/c1-3-5-7-9-11-13-15-17-19-21-23-25-27-29-31-33-43-59-54(64)48-39-35-46(36-40-48)51-53(63)57(67)52(56(66,50(62)45-61)58(51,57)68)47-37-41-49(42-38-47)55(65)60-44-34-32-30-28-26-24-22-20-18-16-14-12-10-8-6-4-2/h35-42,50-53,61-63,66-68H,3-34,43-45H2,1-2H3,(H,59,64)(H,60,65)/t50-,51?,52?,53?,56+,57+,58+/m1/s1. The van der Waals surface area contributed by atoms with Gasteiger partial charge in [0.15, 0.2) is 0 Å². The Kier molecular flexibility index (Phi) is 26.7. The molecule has 386 valence electrons. The molecule has 10 heteroatoms. The van der Waals surface area contributed by atoms with Crippen molar-refractivity contribution in [1.82, 2.24) is 10.6 Å². The van der Waals surface area contributed by atoms with Crippen LogP contribution in [0.3, 0.4) is 0 Å². The molecule has 2 aromatic rings. The summed E-state index contributed by atoms with van der Waals surface area (Å²) >= 11 is 0. The first-order valence-electron chi connectivity index (χ1n) is 27.9. The average molecular weight is 949 g/mol. The largest absolute Gasteiger partial charge is 0.394 e. The van der Waals surface area contributed by atoms with Gasteiger partial charge in [-0.1, -0.05) is 231 Å².